The van der Waals surface area contributed by atoms with Crippen molar-refractivity contribution in [1.82, 2.24) is 4.90 Å². The van der Waals surface area contributed by atoms with Crippen molar-refractivity contribution in [2.24, 2.45) is 5.73 Å². The second kappa shape index (κ2) is 4.16. The van der Waals surface area contributed by atoms with Gasteiger partial charge in [0.05, 0.1) is 5.54 Å². The topological polar surface area (TPSA) is 55.6 Å². The van der Waals surface area contributed by atoms with Gasteiger partial charge in [-0.2, -0.15) is 0 Å². The largest absolute Gasteiger partial charge is 0.444 e. The van der Waals surface area contributed by atoms with E-state index in [-0.39, 0.29) is 17.7 Å². The highest BCUT2D eigenvalue weighted by Gasteiger charge is 2.51. The van der Waals surface area contributed by atoms with Gasteiger partial charge in [-0.3, -0.25) is 0 Å². The van der Waals surface area contributed by atoms with E-state index in [0.717, 1.165) is 38.6 Å². The van der Waals surface area contributed by atoms with Gasteiger partial charge in [-0.1, -0.05) is 0 Å². The minimum atomic E-state index is -0.427. The van der Waals surface area contributed by atoms with Crippen molar-refractivity contribution >= 4 is 6.09 Å². The van der Waals surface area contributed by atoms with Crippen molar-refractivity contribution < 1.29 is 9.53 Å². The molecule has 1 spiro atoms. The van der Waals surface area contributed by atoms with Gasteiger partial charge in [-0.25, -0.2) is 4.79 Å². The van der Waals surface area contributed by atoms with Crippen LogP contribution in [0.1, 0.15) is 52.9 Å². The van der Waals surface area contributed by atoms with Crippen LogP contribution in [-0.4, -0.2) is 34.7 Å². The lowest BCUT2D eigenvalue weighted by atomic mass is 9.91. The Morgan fingerprint density at radius 1 is 1.35 bits per heavy atom. The maximum atomic E-state index is 12.2. The molecule has 4 heteroatoms. The highest BCUT2D eigenvalue weighted by atomic mass is 16.6. The van der Waals surface area contributed by atoms with Gasteiger partial charge in [-0.05, 0) is 52.9 Å². The van der Waals surface area contributed by atoms with Gasteiger partial charge in [0.1, 0.15) is 5.60 Å². The van der Waals surface area contributed by atoms with E-state index in [2.05, 4.69) is 0 Å². The fourth-order valence-electron chi connectivity index (χ4n) is 3.22. The number of hydrogen-bond donors (Lipinski definition) is 1. The normalized spacial score (nSPS) is 33.4. The summed E-state index contributed by atoms with van der Waals surface area (Å²) in [4.78, 5) is 14.1. The first-order valence-corrected chi connectivity index (χ1v) is 6.61. The lowest BCUT2D eigenvalue weighted by Gasteiger charge is -2.39. The third-order valence-electron chi connectivity index (χ3n) is 3.96. The molecule has 17 heavy (non-hydrogen) atoms. The van der Waals surface area contributed by atoms with Crippen molar-refractivity contribution in [3.8, 4) is 0 Å². The van der Waals surface area contributed by atoms with Crippen LogP contribution in [0.25, 0.3) is 0 Å². The average molecular weight is 240 g/mol. The zero-order valence-electron chi connectivity index (χ0n) is 11.2. The summed E-state index contributed by atoms with van der Waals surface area (Å²) in [5.74, 6) is 0. The molecule has 1 heterocycles. The molecule has 2 atom stereocenters. The van der Waals surface area contributed by atoms with Crippen LogP contribution >= 0.6 is 0 Å². The predicted molar refractivity (Wildman–Crippen MR) is 66.7 cm³/mol. The number of carbonyl (C=O) groups excluding carboxylic acids is 1. The Bertz CT molecular complexity index is 307. The van der Waals surface area contributed by atoms with E-state index >= 15 is 0 Å². The quantitative estimate of drug-likeness (QED) is 0.706. The summed E-state index contributed by atoms with van der Waals surface area (Å²) in [5.41, 5.74) is 5.68. The number of likely N-dealkylation sites (tertiary alicyclic amines) is 1. The zero-order valence-corrected chi connectivity index (χ0v) is 11.2. The number of rotatable bonds is 0. The first kappa shape index (κ1) is 12.7. The van der Waals surface area contributed by atoms with E-state index in [4.69, 9.17) is 10.5 Å². The Morgan fingerprint density at radius 3 is 2.53 bits per heavy atom. The second-order valence-electron chi connectivity index (χ2n) is 6.34. The average Bonchev–Trinajstić information content (AvgIpc) is 2.74. The lowest BCUT2D eigenvalue weighted by Crippen LogP contribution is -2.56. The third kappa shape index (κ3) is 2.28. The van der Waals surface area contributed by atoms with Crippen molar-refractivity contribution in [3.05, 3.63) is 0 Å². The summed E-state index contributed by atoms with van der Waals surface area (Å²) in [7, 11) is 0. The Morgan fingerprint density at radius 2 is 2.00 bits per heavy atom. The van der Waals surface area contributed by atoms with Crippen LogP contribution in [-0.2, 0) is 4.74 Å². The fourth-order valence-corrected chi connectivity index (χ4v) is 3.22. The molecule has 1 saturated heterocycles. The number of hydrogen-bond acceptors (Lipinski definition) is 3. The zero-order chi connectivity index (χ0) is 12.7. The SMILES string of the molecule is CC(C)(C)OC(=O)N1CCC[C@]12CCC[C@H]2N. The Balaban J connectivity index is 2.12. The van der Waals surface area contributed by atoms with E-state index in [1.165, 1.54) is 0 Å². The van der Waals surface area contributed by atoms with Gasteiger partial charge < -0.3 is 15.4 Å². The van der Waals surface area contributed by atoms with Crippen molar-refractivity contribution in [3.63, 3.8) is 0 Å². The number of ether oxygens (including phenoxy) is 1. The minimum absolute atomic E-state index is 0.109. The number of carbonyl (C=O) groups is 1. The van der Waals surface area contributed by atoms with Gasteiger partial charge >= 0.3 is 6.09 Å². The Kier molecular flexibility index (Phi) is 3.10. The van der Waals surface area contributed by atoms with E-state index in [0.29, 0.717) is 0 Å². The second-order valence-corrected chi connectivity index (χ2v) is 6.34. The Labute approximate surface area is 103 Å². The smallest absolute Gasteiger partial charge is 0.410 e. The molecule has 0 unspecified atom stereocenters. The molecule has 0 aromatic carbocycles. The molecule has 2 fully saturated rings. The molecule has 1 amide bonds. The van der Waals surface area contributed by atoms with E-state index in [1.54, 1.807) is 0 Å². The molecule has 1 aliphatic carbocycles. The number of amides is 1. The van der Waals surface area contributed by atoms with E-state index in [9.17, 15) is 4.79 Å². The van der Waals surface area contributed by atoms with E-state index in [1.807, 2.05) is 25.7 Å². The van der Waals surface area contributed by atoms with Gasteiger partial charge in [-0.15, -0.1) is 0 Å². The van der Waals surface area contributed by atoms with Crippen molar-refractivity contribution in [2.45, 2.75) is 70.1 Å². The first-order valence-electron chi connectivity index (χ1n) is 6.61. The summed E-state index contributed by atoms with van der Waals surface area (Å²) < 4.78 is 5.49. The first-order chi connectivity index (χ1) is 7.85. The maximum Gasteiger partial charge on any atom is 0.410 e. The molecular formula is C13H24N2O2. The number of nitrogens with zero attached hydrogens (tertiary/aromatic N) is 1. The molecule has 98 valence electrons. The van der Waals surface area contributed by atoms with Crippen molar-refractivity contribution in [1.29, 1.82) is 0 Å². The molecule has 0 aromatic rings. The van der Waals surface area contributed by atoms with Gasteiger partial charge in [0.25, 0.3) is 0 Å². The van der Waals surface area contributed by atoms with Gasteiger partial charge in [0.2, 0.25) is 0 Å². The van der Waals surface area contributed by atoms with Crippen LogP contribution in [0, 0.1) is 0 Å². The molecule has 2 rings (SSSR count). The van der Waals surface area contributed by atoms with Crippen LogP contribution in [0.4, 0.5) is 4.79 Å². The lowest BCUT2D eigenvalue weighted by molar-refractivity contribution is 0.00617. The van der Waals surface area contributed by atoms with Crippen LogP contribution in [0.3, 0.4) is 0 Å². The van der Waals surface area contributed by atoms with Crippen LogP contribution in [0.2, 0.25) is 0 Å². The van der Waals surface area contributed by atoms with Crippen LogP contribution in [0.5, 0.6) is 0 Å². The summed E-state index contributed by atoms with van der Waals surface area (Å²) in [6.07, 6.45) is 5.08. The molecule has 1 aliphatic heterocycles. The molecular weight excluding hydrogens is 216 g/mol. The third-order valence-corrected chi connectivity index (χ3v) is 3.96. The summed E-state index contributed by atoms with van der Waals surface area (Å²) in [6.45, 7) is 6.51. The molecule has 0 aromatic heterocycles. The Hall–Kier alpha value is -0.770. The number of nitrogens with two attached hydrogens (primary N) is 1. The fraction of sp³-hybridized carbons (Fsp3) is 0.923. The summed E-state index contributed by atoms with van der Waals surface area (Å²) in [6, 6.07) is 0.123. The molecule has 4 nitrogen and oxygen atoms in total. The van der Waals surface area contributed by atoms with Crippen molar-refractivity contribution in [2.75, 3.05) is 6.54 Å². The highest BCUT2D eigenvalue weighted by molar-refractivity contribution is 5.70. The standard InChI is InChI=1S/C13H24N2O2/c1-12(2,3)17-11(16)15-9-5-8-13(15)7-4-6-10(13)14/h10H,4-9,14H2,1-3H3/t10-,13+/m1/s1. The van der Waals surface area contributed by atoms with Gasteiger partial charge in [0.15, 0.2) is 0 Å². The monoisotopic (exact) mass is 240 g/mol. The highest BCUT2D eigenvalue weighted by Crippen LogP contribution is 2.42. The van der Waals surface area contributed by atoms with Gasteiger partial charge in [0, 0.05) is 12.6 Å². The predicted octanol–water partition coefficient (Wildman–Crippen LogP) is 2.27. The minimum Gasteiger partial charge on any atom is -0.444 e. The molecule has 1 saturated carbocycles. The van der Waals surface area contributed by atoms with Crippen LogP contribution < -0.4 is 5.73 Å². The van der Waals surface area contributed by atoms with E-state index < -0.39 is 5.60 Å². The summed E-state index contributed by atoms with van der Waals surface area (Å²) in [5, 5.41) is 0. The molecule has 2 N–H and O–H groups in total. The maximum absolute atomic E-state index is 12.2. The summed E-state index contributed by atoms with van der Waals surface area (Å²) >= 11 is 0. The molecule has 2 aliphatic rings. The molecule has 0 bridgehead atoms. The molecule has 0 radical (unpaired) electrons. The van der Waals surface area contributed by atoms with Crippen LogP contribution in [0.15, 0.2) is 0 Å².